The molecule has 3 heteroatoms. The van der Waals surface area contributed by atoms with Crippen LogP contribution in [-0.4, -0.2) is 37.2 Å². The van der Waals surface area contributed by atoms with Gasteiger partial charge in [-0.05, 0) is 31.5 Å². The minimum atomic E-state index is 0.573. The second kappa shape index (κ2) is 5.52. The summed E-state index contributed by atoms with van der Waals surface area (Å²) < 4.78 is 5.26. The van der Waals surface area contributed by atoms with E-state index in [1.165, 1.54) is 5.56 Å². The highest BCUT2D eigenvalue weighted by molar-refractivity contribution is 5.28. The molecule has 2 rings (SSSR count). The number of methoxy groups -OCH3 is 1. The molecule has 2 unspecified atom stereocenters. The molecule has 1 heterocycles. The Labute approximate surface area is 104 Å². The first-order chi connectivity index (χ1) is 8.17. The molecule has 1 aliphatic rings. The topological polar surface area (TPSA) is 24.5 Å². The van der Waals surface area contributed by atoms with Crippen molar-refractivity contribution in [3.8, 4) is 5.75 Å². The van der Waals surface area contributed by atoms with Crippen molar-refractivity contribution in [2.75, 3.05) is 20.2 Å². The van der Waals surface area contributed by atoms with Crippen LogP contribution in [0.25, 0.3) is 0 Å². The van der Waals surface area contributed by atoms with E-state index >= 15 is 0 Å². The van der Waals surface area contributed by atoms with Crippen molar-refractivity contribution in [3.63, 3.8) is 0 Å². The predicted molar refractivity (Wildman–Crippen MR) is 70.3 cm³/mol. The number of nitrogens with one attached hydrogen (secondary N) is 1. The van der Waals surface area contributed by atoms with Crippen molar-refractivity contribution in [2.45, 2.75) is 32.5 Å². The third kappa shape index (κ3) is 3.45. The average Bonchev–Trinajstić information content (AvgIpc) is 2.28. The van der Waals surface area contributed by atoms with Crippen molar-refractivity contribution >= 4 is 0 Å². The van der Waals surface area contributed by atoms with E-state index < -0.39 is 0 Å². The van der Waals surface area contributed by atoms with E-state index in [9.17, 15) is 0 Å². The summed E-state index contributed by atoms with van der Waals surface area (Å²) >= 11 is 0. The molecule has 2 atom stereocenters. The van der Waals surface area contributed by atoms with Crippen molar-refractivity contribution in [2.24, 2.45) is 0 Å². The van der Waals surface area contributed by atoms with Crippen LogP contribution in [0, 0.1) is 0 Å². The highest BCUT2D eigenvalue weighted by Crippen LogP contribution is 2.15. The minimum Gasteiger partial charge on any atom is -0.497 e. The van der Waals surface area contributed by atoms with Crippen molar-refractivity contribution in [1.82, 2.24) is 10.2 Å². The zero-order chi connectivity index (χ0) is 12.3. The second-order valence-electron chi connectivity index (χ2n) is 5.01. The summed E-state index contributed by atoms with van der Waals surface area (Å²) in [7, 11) is 1.72. The third-order valence-electron chi connectivity index (χ3n) is 3.17. The number of nitrogens with zero attached hydrogens (tertiary/aromatic N) is 1. The standard InChI is InChI=1S/C14H22N2O/c1-11-8-16(9-12(2)15-11)10-13-5-4-6-14(7-13)17-3/h4-7,11-12,15H,8-10H2,1-3H3. The van der Waals surface area contributed by atoms with E-state index in [4.69, 9.17) is 4.74 Å². The Balaban J connectivity index is 1.99. The first-order valence-electron chi connectivity index (χ1n) is 6.28. The lowest BCUT2D eigenvalue weighted by Crippen LogP contribution is -2.53. The number of ether oxygens (including phenoxy) is 1. The van der Waals surface area contributed by atoms with Crippen LogP contribution in [0.5, 0.6) is 5.75 Å². The van der Waals surface area contributed by atoms with Crippen molar-refractivity contribution in [1.29, 1.82) is 0 Å². The molecule has 1 aromatic rings. The smallest absolute Gasteiger partial charge is 0.119 e. The molecule has 3 nitrogen and oxygen atoms in total. The Morgan fingerprint density at radius 3 is 2.65 bits per heavy atom. The summed E-state index contributed by atoms with van der Waals surface area (Å²) in [6.45, 7) is 7.72. The molecule has 0 amide bonds. The lowest BCUT2D eigenvalue weighted by Gasteiger charge is -2.36. The van der Waals surface area contributed by atoms with Gasteiger partial charge in [-0.2, -0.15) is 0 Å². The first-order valence-corrected chi connectivity index (χ1v) is 6.28. The van der Waals surface area contributed by atoms with Crippen LogP contribution < -0.4 is 10.1 Å². The molecule has 1 saturated heterocycles. The predicted octanol–water partition coefficient (Wildman–Crippen LogP) is 1.88. The van der Waals surface area contributed by atoms with Gasteiger partial charge in [0.2, 0.25) is 0 Å². The first kappa shape index (κ1) is 12.4. The molecule has 0 aliphatic carbocycles. The van der Waals surface area contributed by atoms with Crippen molar-refractivity contribution < 1.29 is 4.74 Å². The molecule has 0 spiro atoms. The van der Waals surface area contributed by atoms with Gasteiger partial charge in [0.15, 0.2) is 0 Å². The van der Waals surface area contributed by atoms with Crippen LogP contribution >= 0.6 is 0 Å². The van der Waals surface area contributed by atoms with Gasteiger partial charge in [0.25, 0.3) is 0 Å². The van der Waals surface area contributed by atoms with Crippen LogP contribution in [0.4, 0.5) is 0 Å². The molecule has 0 aromatic heterocycles. The summed E-state index contributed by atoms with van der Waals surface area (Å²) in [5.74, 6) is 0.943. The average molecular weight is 234 g/mol. The van der Waals surface area contributed by atoms with Gasteiger partial charge in [0.05, 0.1) is 7.11 Å². The molecular weight excluding hydrogens is 212 g/mol. The Hall–Kier alpha value is -1.06. The lowest BCUT2D eigenvalue weighted by atomic mass is 10.1. The van der Waals surface area contributed by atoms with Gasteiger partial charge in [0, 0.05) is 31.7 Å². The van der Waals surface area contributed by atoms with Gasteiger partial charge in [-0.25, -0.2) is 0 Å². The van der Waals surface area contributed by atoms with E-state index in [1.807, 2.05) is 6.07 Å². The SMILES string of the molecule is COc1cccc(CN2CC(C)NC(C)C2)c1. The fourth-order valence-electron chi connectivity index (χ4n) is 2.60. The maximum absolute atomic E-state index is 5.26. The van der Waals surface area contributed by atoms with Crippen LogP contribution in [-0.2, 0) is 6.54 Å². The minimum absolute atomic E-state index is 0.573. The zero-order valence-corrected chi connectivity index (χ0v) is 10.9. The largest absolute Gasteiger partial charge is 0.497 e. The van der Waals surface area contributed by atoms with E-state index in [2.05, 4.69) is 42.3 Å². The van der Waals surface area contributed by atoms with Crippen molar-refractivity contribution in [3.05, 3.63) is 29.8 Å². The quantitative estimate of drug-likeness (QED) is 0.864. The summed E-state index contributed by atoms with van der Waals surface area (Å²) in [6, 6.07) is 9.49. The van der Waals surface area contributed by atoms with E-state index in [0.717, 1.165) is 25.4 Å². The van der Waals surface area contributed by atoms with Crippen LogP contribution in [0.1, 0.15) is 19.4 Å². The normalized spacial score (nSPS) is 25.8. The van der Waals surface area contributed by atoms with Gasteiger partial charge in [-0.1, -0.05) is 12.1 Å². The van der Waals surface area contributed by atoms with Crippen LogP contribution in [0.3, 0.4) is 0 Å². The van der Waals surface area contributed by atoms with E-state index in [1.54, 1.807) is 7.11 Å². The summed E-state index contributed by atoms with van der Waals surface area (Å²) in [5, 5.41) is 3.55. The van der Waals surface area contributed by atoms with Gasteiger partial charge in [-0.3, -0.25) is 4.90 Å². The number of hydrogen-bond acceptors (Lipinski definition) is 3. The van der Waals surface area contributed by atoms with E-state index in [0.29, 0.717) is 12.1 Å². The maximum atomic E-state index is 5.26. The number of hydrogen-bond donors (Lipinski definition) is 1. The highest BCUT2D eigenvalue weighted by Gasteiger charge is 2.20. The fourth-order valence-corrected chi connectivity index (χ4v) is 2.60. The van der Waals surface area contributed by atoms with Gasteiger partial charge in [-0.15, -0.1) is 0 Å². The Morgan fingerprint density at radius 1 is 1.29 bits per heavy atom. The van der Waals surface area contributed by atoms with Gasteiger partial charge >= 0.3 is 0 Å². The molecule has 94 valence electrons. The molecule has 1 fully saturated rings. The molecule has 1 aromatic carbocycles. The fraction of sp³-hybridized carbons (Fsp3) is 0.571. The number of piperazine rings is 1. The molecule has 0 radical (unpaired) electrons. The zero-order valence-electron chi connectivity index (χ0n) is 10.9. The third-order valence-corrected chi connectivity index (χ3v) is 3.17. The lowest BCUT2D eigenvalue weighted by molar-refractivity contribution is 0.166. The van der Waals surface area contributed by atoms with Crippen LogP contribution in [0.15, 0.2) is 24.3 Å². The Morgan fingerprint density at radius 2 is 2.00 bits per heavy atom. The summed E-state index contributed by atoms with van der Waals surface area (Å²) in [4.78, 5) is 2.50. The van der Waals surface area contributed by atoms with Gasteiger partial charge in [0.1, 0.15) is 5.75 Å². The highest BCUT2D eigenvalue weighted by atomic mass is 16.5. The Bertz CT molecular complexity index is 357. The second-order valence-corrected chi connectivity index (χ2v) is 5.01. The Kier molecular flexibility index (Phi) is 4.02. The molecule has 0 saturated carbocycles. The number of benzene rings is 1. The summed E-state index contributed by atoms with van der Waals surface area (Å²) in [6.07, 6.45) is 0. The molecular formula is C14H22N2O. The van der Waals surface area contributed by atoms with Gasteiger partial charge < -0.3 is 10.1 Å². The maximum Gasteiger partial charge on any atom is 0.119 e. The summed E-state index contributed by atoms with van der Waals surface area (Å²) in [5.41, 5.74) is 1.32. The number of rotatable bonds is 3. The van der Waals surface area contributed by atoms with Crippen LogP contribution in [0.2, 0.25) is 0 Å². The molecule has 17 heavy (non-hydrogen) atoms. The monoisotopic (exact) mass is 234 g/mol. The molecule has 1 N–H and O–H groups in total. The molecule has 0 bridgehead atoms. The van der Waals surface area contributed by atoms with E-state index in [-0.39, 0.29) is 0 Å². The molecule has 1 aliphatic heterocycles.